The van der Waals surface area contributed by atoms with Gasteiger partial charge in [-0.05, 0) is 46.1 Å². The summed E-state index contributed by atoms with van der Waals surface area (Å²) in [7, 11) is 6.22. The molecule has 0 unspecified atom stereocenters. The minimum atomic E-state index is -0.320. The third kappa shape index (κ3) is 5.14. The van der Waals surface area contributed by atoms with Gasteiger partial charge in [-0.2, -0.15) is 0 Å². The van der Waals surface area contributed by atoms with Crippen molar-refractivity contribution in [2.24, 2.45) is 5.92 Å². The molecule has 0 bridgehead atoms. The van der Waals surface area contributed by atoms with Gasteiger partial charge < -0.3 is 19.6 Å². The van der Waals surface area contributed by atoms with Crippen LogP contribution in [-0.2, 0) is 11.3 Å². The van der Waals surface area contributed by atoms with Gasteiger partial charge in [-0.15, -0.1) is 0 Å². The van der Waals surface area contributed by atoms with Crippen LogP contribution in [0.25, 0.3) is 11.3 Å². The highest BCUT2D eigenvalue weighted by Crippen LogP contribution is 2.21. The largest absolute Gasteiger partial charge is 0.359 e. The van der Waals surface area contributed by atoms with Gasteiger partial charge in [0.15, 0.2) is 5.76 Å². The Labute approximate surface area is 159 Å². The average Bonchev–Trinajstić information content (AvgIpc) is 3.01. The quantitative estimate of drug-likeness (QED) is 0.871. The summed E-state index contributed by atoms with van der Waals surface area (Å²) in [5.74, 6) is 0.227. The molecule has 1 aliphatic heterocycles. The van der Waals surface area contributed by atoms with E-state index in [1.807, 2.05) is 0 Å². The highest BCUT2D eigenvalue weighted by molar-refractivity contribution is 5.78. The third-order valence-electron chi connectivity index (χ3n) is 5.12. The second kappa shape index (κ2) is 8.63. The zero-order valence-corrected chi connectivity index (χ0v) is 16.1. The molecule has 2 atom stereocenters. The second-order valence-electron chi connectivity index (χ2n) is 7.52. The maximum absolute atomic E-state index is 13.3. The molecule has 1 aliphatic rings. The van der Waals surface area contributed by atoms with Crippen LogP contribution in [0, 0.1) is 11.7 Å². The number of likely N-dealkylation sites (N-methyl/N-ethyl adjacent to an activating group) is 2. The number of rotatable bonds is 5. The van der Waals surface area contributed by atoms with Crippen molar-refractivity contribution in [1.82, 2.24) is 20.3 Å². The van der Waals surface area contributed by atoms with Crippen molar-refractivity contribution >= 4 is 5.91 Å². The number of aromatic nitrogens is 1. The van der Waals surface area contributed by atoms with Gasteiger partial charge in [0, 0.05) is 30.8 Å². The molecule has 27 heavy (non-hydrogen) atoms. The van der Waals surface area contributed by atoms with Crippen LogP contribution < -0.4 is 5.32 Å². The molecule has 1 N–H and O–H groups in total. The van der Waals surface area contributed by atoms with E-state index >= 15 is 0 Å². The smallest absolute Gasteiger partial charge is 0.224 e. The van der Waals surface area contributed by atoms with Crippen LogP contribution in [0.4, 0.5) is 4.39 Å². The Balaban J connectivity index is 1.56. The van der Waals surface area contributed by atoms with Crippen LogP contribution in [0.15, 0.2) is 34.9 Å². The molecule has 1 amide bonds. The summed E-state index contributed by atoms with van der Waals surface area (Å²) in [6.07, 6.45) is 1.87. The molecule has 1 aromatic heterocycles. The van der Waals surface area contributed by atoms with Gasteiger partial charge in [-0.3, -0.25) is 4.79 Å². The van der Waals surface area contributed by atoms with E-state index in [0.29, 0.717) is 23.1 Å². The number of carbonyl (C=O) groups is 1. The number of likely N-dealkylation sites (tertiary alicyclic amines) is 1. The van der Waals surface area contributed by atoms with Gasteiger partial charge in [0.1, 0.15) is 11.5 Å². The van der Waals surface area contributed by atoms with Crippen molar-refractivity contribution in [3.63, 3.8) is 0 Å². The molecule has 0 saturated carbocycles. The summed E-state index contributed by atoms with van der Waals surface area (Å²) in [6.45, 7) is 2.00. The van der Waals surface area contributed by atoms with Crippen molar-refractivity contribution < 1.29 is 13.7 Å². The average molecular weight is 374 g/mol. The molecule has 146 valence electrons. The van der Waals surface area contributed by atoms with Crippen molar-refractivity contribution in [1.29, 1.82) is 0 Å². The number of halogens is 1. The topological polar surface area (TPSA) is 61.6 Å². The van der Waals surface area contributed by atoms with Crippen LogP contribution in [0.2, 0.25) is 0 Å². The first-order valence-corrected chi connectivity index (χ1v) is 9.26. The minimum absolute atomic E-state index is 0.0324. The standard InChI is InChI=1S/C20H27FN4O2/c1-24(2)17-8-7-15(12-25(3)13-17)20(26)22-11-18-10-19(23-27-18)14-5-4-6-16(21)9-14/h4-6,9-10,15,17H,7-8,11-13H2,1-3H3,(H,22,26)/t15-,17+/m1/s1. The third-order valence-corrected chi connectivity index (χ3v) is 5.12. The van der Waals surface area contributed by atoms with E-state index in [1.54, 1.807) is 18.2 Å². The molecule has 1 aromatic carbocycles. The normalized spacial score (nSPS) is 21.2. The highest BCUT2D eigenvalue weighted by atomic mass is 19.1. The van der Waals surface area contributed by atoms with Gasteiger partial charge in [0.2, 0.25) is 5.91 Å². The number of hydrogen-bond donors (Lipinski definition) is 1. The molecule has 2 aromatic rings. The molecule has 1 saturated heterocycles. The molecule has 0 spiro atoms. The van der Waals surface area contributed by atoms with E-state index in [9.17, 15) is 9.18 Å². The summed E-state index contributed by atoms with van der Waals surface area (Å²) in [4.78, 5) is 17.0. The lowest BCUT2D eigenvalue weighted by molar-refractivity contribution is -0.125. The van der Waals surface area contributed by atoms with E-state index in [2.05, 4.69) is 41.4 Å². The van der Waals surface area contributed by atoms with E-state index in [0.717, 1.165) is 25.9 Å². The summed E-state index contributed by atoms with van der Waals surface area (Å²) in [6, 6.07) is 8.39. The van der Waals surface area contributed by atoms with Crippen LogP contribution in [0.1, 0.15) is 18.6 Å². The van der Waals surface area contributed by atoms with Crippen molar-refractivity contribution in [3.8, 4) is 11.3 Å². The number of nitrogens with zero attached hydrogens (tertiary/aromatic N) is 3. The molecule has 7 heteroatoms. The Morgan fingerprint density at radius 1 is 1.33 bits per heavy atom. The predicted octanol–water partition coefficient (Wildman–Crippen LogP) is 2.37. The summed E-state index contributed by atoms with van der Waals surface area (Å²) in [5.41, 5.74) is 1.21. The summed E-state index contributed by atoms with van der Waals surface area (Å²) in [5, 5.41) is 6.92. The Hall–Kier alpha value is -2.25. The Morgan fingerprint density at radius 3 is 2.89 bits per heavy atom. The highest BCUT2D eigenvalue weighted by Gasteiger charge is 2.27. The molecule has 6 nitrogen and oxygen atoms in total. The number of benzene rings is 1. The Kier molecular flexibility index (Phi) is 6.23. The van der Waals surface area contributed by atoms with Gasteiger partial charge in [-0.25, -0.2) is 4.39 Å². The first-order chi connectivity index (χ1) is 12.9. The lowest BCUT2D eigenvalue weighted by Crippen LogP contribution is -2.39. The Bertz CT molecular complexity index is 777. The molecular weight excluding hydrogens is 347 g/mol. The Morgan fingerprint density at radius 2 is 2.15 bits per heavy atom. The number of carbonyl (C=O) groups excluding carboxylic acids is 1. The van der Waals surface area contributed by atoms with Gasteiger partial charge in [-0.1, -0.05) is 17.3 Å². The van der Waals surface area contributed by atoms with Crippen LogP contribution >= 0.6 is 0 Å². The maximum atomic E-state index is 13.3. The van der Waals surface area contributed by atoms with Crippen LogP contribution in [-0.4, -0.2) is 61.1 Å². The second-order valence-corrected chi connectivity index (χ2v) is 7.52. The fourth-order valence-electron chi connectivity index (χ4n) is 3.52. The van der Waals surface area contributed by atoms with Crippen LogP contribution in [0.5, 0.6) is 0 Å². The molecule has 0 aliphatic carbocycles. The fraction of sp³-hybridized carbons (Fsp3) is 0.500. The van der Waals surface area contributed by atoms with Gasteiger partial charge in [0.25, 0.3) is 0 Å². The summed E-state index contributed by atoms with van der Waals surface area (Å²) >= 11 is 0. The fourth-order valence-corrected chi connectivity index (χ4v) is 3.52. The number of nitrogens with one attached hydrogen (secondary N) is 1. The zero-order chi connectivity index (χ0) is 19.4. The molecule has 0 radical (unpaired) electrons. The van der Waals surface area contributed by atoms with Gasteiger partial charge in [0.05, 0.1) is 12.5 Å². The van der Waals surface area contributed by atoms with E-state index in [-0.39, 0.29) is 24.2 Å². The SMILES string of the molecule is CN1C[C@H](C(=O)NCc2cc(-c3cccc(F)c3)no2)CC[C@H](N(C)C)C1. The first-order valence-electron chi connectivity index (χ1n) is 9.26. The maximum Gasteiger partial charge on any atom is 0.224 e. The minimum Gasteiger partial charge on any atom is -0.359 e. The van der Waals surface area contributed by atoms with Crippen LogP contribution in [0.3, 0.4) is 0 Å². The molecule has 3 rings (SSSR count). The van der Waals surface area contributed by atoms with Crippen molar-refractivity contribution in [2.45, 2.75) is 25.4 Å². The summed E-state index contributed by atoms with van der Waals surface area (Å²) < 4.78 is 18.6. The van der Waals surface area contributed by atoms with E-state index < -0.39 is 0 Å². The molecule has 2 heterocycles. The predicted molar refractivity (Wildman–Crippen MR) is 101 cm³/mol. The number of hydrogen-bond acceptors (Lipinski definition) is 5. The number of amides is 1. The molecular formula is C20H27FN4O2. The van der Waals surface area contributed by atoms with Gasteiger partial charge >= 0.3 is 0 Å². The monoisotopic (exact) mass is 374 g/mol. The van der Waals surface area contributed by atoms with Crippen molar-refractivity contribution in [3.05, 3.63) is 41.9 Å². The zero-order valence-electron chi connectivity index (χ0n) is 16.1. The van der Waals surface area contributed by atoms with Crippen molar-refractivity contribution in [2.75, 3.05) is 34.2 Å². The van der Waals surface area contributed by atoms with E-state index in [4.69, 9.17) is 4.52 Å². The van der Waals surface area contributed by atoms with E-state index in [1.165, 1.54) is 12.1 Å². The lowest BCUT2D eigenvalue weighted by atomic mass is 10.0. The first kappa shape index (κ1) is 19.5. The molecule has 1 fully saturated rings. The lowest BCUT2D eigenvalue weighted by Gasteiger charge is -2.25.